The first kappa shape index (κ1) is 11.0. The molecular formula is C13H17NO2. The number of hydrogen-bond acceptors (Lipinski definition) is 2. The van der Waals surface area contributed by atoms with Crippen LogP contribution in [0, 0.1) is 0 Å². The van der Waals surface area contributed by atoms with Gasteiger partial charge in [-0.15, -0.1) is 0 Å². The van der Waals surface area contributed by atoms with Crippen molar-refractivity contribution in [2.45, 2.75) is 32.4 Å². The van der Waals surface area contributed by atoms with E-state index in [0.717, 1.165) is 12.0 Å². The lowest BCUT2D eigenvalue weighted by Gasteiger charge is -2.27. The normalized spacial score (nSPS) is 22.0. The highest BCUT2D eigenvalue weighted by atomic mass is 16.6. The largest absolute Gasteiger partial charge is 0.447 e. The van der Waals surface area contributed by atoms with Crippen molar-refractivity contribution in [3.8, 4) is 0 Å². The van der Waals surface area contributed by atoms with Gasteiger partial charge in [0.1, 0.15) is 6.61 Å². The zero-order valence-corrected chi connectivity index (χ0v) is 9.72. The number of ether oxygens (including phenoxy) is 1. The van der Waals surface area contributed by atoms with Gasteiger partial charge in [-0.2, -0.15) is 0 Å². The molecule has 1 aromatic rings. The van der Waals surface area contributed by atoms with Gasteiger partial charge in [0.15, 0.2) is 0 Å². The monoisotopic (exact) mass is 219 g/mol. The van der Waals surface area contributed by atoms with E-state index in [-0.39, 0.29) is 18.2 Å². The lowest BCUT2D eigenvalue weighted by Crippen LogP contribution is -2.35. The Morgan fingerprint density at radius 3 is 2.75 bits per heavy atom. The Kier molecular flexibility index (Phi) is 3.13. The molecule has 3 heteroatoms. The van der Waals surface area contributed by atoms with E-state index in [9.17, 15) is 4.79 Å². The molecule has 1 saturated heterocycles. The van der Waals surface area contributed by atoms with Crippen LogP contribution in [0.25, 0.3) is 0 Å². The van der Waals surface area contributed by atoms with Crippen molar-refractivity contribution in [3.05, 3.63) is 35.9 Å². The molecule has 0 N–H and O–H groups in total. The van der Waals surface area contributed by atoms with E-state index in [2.05, 4.69) is 13.8 Å². The summed E-state index contributed by atoms with van der Waals surface area (Å²) in [6.45, 7) is 4.61. The minimum atomic E-state index is -0.191. The number of nitrogens with zero attached hydrogens (tertiary/aromatic N) is 1. The topological polar surface area (TPSA) is 29.5 Å². The highest BCUT2D eigenvalue weighted by Gasteiger charge is 2.36. The fourth-order valence-electron chi connectivity index (χ4n) is 2.05. The van der Waals surface area contributed by atoms with Crippen LogP contribution in [0.5, 0.6) is 0 Å². The van der Waals surface area contributed by atoms with E-state index in [1.54, 1.807) is 0 Å². The van der Waals surface area contributed by atoms with Gasteiger partial charge in [-0.05, 0) is 18.9 Å². The lowest BCUT2D eigenvalue weighted by atomic mass is 10.1. The van der Waals surface area contributed by atoms with Crippen LogP contribution >= 0.6 is 0 Å². The Labute approximate surface area is 96.0 Å². The second-order valence-corrected chi connectivity index (χ2v) is 4.17. The summed E-state index contributed by atoms with van der Waals surface area (Å²) in [6.07, 6.45) is 0.751. The van der Waals surface area contributed by atoms with Gasteiger partial charge in [0.05, 0.1) is 6.04 Å². The average Bonchev–Trinajstić information content (AvgIpc) is 2.71. The zero-order chi connectivity index (χ0) is 11.5. The molecule has 1 amide bonds. The summed E-state index contributed by atoms with van der Waals surface area (Å²) in [5.74, 6) is 0. The molecule has 1 aliphatic rings. The fourth-order valence-corrected chi connectivity index (χ4v) is 2.05. The van der Waals surface area contributed by atoms with Crippen LogP contribution in [-0.4, -0.2) is 23.6 Å². The van der Waals surface area contributed by atoms with Gasteiger partial charge in [0.2, 0.25) is 0 Å². The van der Waals surface area contributed by atoms with Gasteiger partial charge >= 0.3 is 6.09 Å². The lowest BCUT2D eigenvalue weighted by molar-refractivity contribution is 0.146. The maximum Gasteiger partial charge on any atom is 0.410 e. The molecule has 2 atom stereocenters. The van der Waals surface area contributed by atoms with Crippen molar-refractivity contribution < 1.29 is 9.53 Å². The molecule has 0 radical (unpaired) electrons. The van der Waals surface area contributed by atoms with Crippen LogP contribution < -0.4 is 0 Å². The maximum atomic E-state index is 11.7. The Morgan fingerprint density at radius 1 is 1.44 bits per heavy atom. The molecule has 16 heavy (non-hydrogen) atoms. The van der Waals surface area contributed by atoms with E-state index >= 15 is 0 Å². The maximum absolute atomic E-state index is 11.7. The van der Waals surface area contributed by atoms with Gasteiger partial charge in [0, 0.05) is 6.04 Å². The molecule has 0 saturated carbocycles. The van der Waals surface area contributed by atoms with Crippen molar-refractivity contribution in [2.24, 2.45) is 0 Å². The predicted molar refractivity (Wildman–Crippen MR) is 62.1 cm³/mol. The minimum Gasteiger partial charge on any atom is -0.447 e. The quantitative estimate of drug-likeness (QED) is 0.782. The summed E-state index contributed by atoms with van der Waals surface area (Å²) in [5, 5.41) is 0. The third kappa shape index (κ3) is 1.90. The number of carbonyl (C=O) groups excluding carboxylic acids is 1. The van der Waals surface area contributed by atoms with E-state index in [1.165, 1.54) is 0 Å². The number of carbonyl (C=O) groups is 1. The van der Waals surface area contributed by atoms with Crippen molar-refractivity contribution in [1.82, 2.24) is 4.90 Å². The molecule has 3 nitrogen and oxygen atoms in total. The Bertz CT molecular complexity index is 363. The van der Waals surface area contributed by atoms with Gasteiger partial charge < -0.3 is 4.74 Å². The molecule has 0 aliphatic carbocycles. The molecule has 0 spiro atoms. The number of cyclic esters (lactones) is 1. The Morgan fingerprint density at radius 2 is 2.12 bits per heavy atom. The molecule has 1 aromatic carbocycles. The summed E-state index contributed by atoms with van der Waals surface area (Å²) in [5.41, 5.74) is 1.15. The van der Waals surface area contributed by atoms with E-state index < -0.39 is 0 Å². The molecule has 1 fully saturated rings. The summed E-state index contributed by atoms with van der Waals surface area (Å²) in [6, 6.07) is 10.3. The second kappa shape index (κ2) is 4.56. The van der Waals surface area contributed by atoms with Gasteiger partial charge in [-0.1, -0.05) is 37.3 Å². The smallest absolute Gasteiger partial charge is 0.410 e. The van der Waals surface area contributed by atoms with Crippen molar-refractivity contribution in [2.75, 3.05) is 6.61 Å². The third-order valence-electron chi connectivity index (χ3n) is 3.16. The van der Waals surface area contributed by atoms with Crippen molar-refractivity contribution in [1.29, 1.82) is 0 Å². The Balaban J connectivity index is 2.24. The molecule has 2 rings (SSSR count). The number of hydrogen-bond donors (Lipinski definition) is 0. The number of benzene rings is 1. The molecule has 0 unspecified atom stereocenters. The summed E-state index contributed by atoms with van der Waals surface area (Å²) < 4.78 is 5.14. The van der Waals surface area contributed by atoms with Crippen molar-refractivity contribution in [3.63, 3.8) is 0 Å². The highest BCUT2D eigenvalue weighted by molar-refractivity contribution is 5.71. The van der Waals surface area contributed by atoms with Crippen LogP contribution in [0.1, 0.15) is 31.9 Å². The first-order valence-corrected chi connectivity index (χ1v) is 5.74. The van der Waals surface area contributed by atoms with E-state index in [0.29, 0.717) is 6.61 Å². The van der Waals surface area contributed by atoms with Gasteiger partial charge in [-0.25, -0.2) is 4.79 Å². The SMILES string of the molecule is CC[C@@H](C)N1C(=O)OC[C@@H]1c1ccccc1. The first-order chi connectivity index (χ1) is 7.74. The van der Waals surface area contributed by atoms with E-state index in [1.807, 2.05) is 35.2 Å². The van der Waals surface area contributed by atoms with Crippen molar-refractivity contribution >= 4 is 6.09 Å². The van der Waals surface area contributed by atoms with Crippen LogP contribution in [0.4, 0.5) is 4.79 Å². The second-order valence-electron chi connectivity index (χ2n) is 4.17. The molecular weight excluding hydrogens is 202 g/mol. The molecule has 0 bridgehead atoms. The van der Waals surface area contributed by atoms with E-state index in [4.69, 9.17) is 4.74 Å². The standard InChI is InChI=1S/C13H17NO2/c1-3-10(2)14-12(9-16-13(14)15)11-7-5-4-6-8-11/h4-8,10,12H,3,9H2,1-2H3/t10-,12-/m1/s1. The molecule has 1 heterocycles. The number of rotatable bonds is 3. The fraction of sp³-hybridized carbons (Fsp3) is 0.462. The molecule has 0 aromatic heterocycles. The summed E-state index contributed by atoms with van der Waals surface area (Å²) >= 11 is 0. The average molecular weight is 219 g/mol. The zero-order valence-electron chi connectivity index (χ0n) is 9.72. The van der Waals surface area contributed by atoms with Crippen LogP contribution in [0.3, 0.4) is 0 Å². The predicted octanol–water partition coefficient (Wildman–Crippen LogP) is 2.98. The number of amides is 1. The van der Waals surface area contributed by atoms with Crippen LogP contribution in [0.15, 0.2) is 30.3 Å². The summed E-state index contributed by atoms with van der Waals surface area (Å²) in [4.78, 5) is 13.5. The Hall–Kier alpha value is -1.51. The highest BCUT2D eigenvalue weighted by Crippen LogP contribution is 2.30. The van der Waals surface area contributed by atoms with Gasteiger partial charge in [0.25, 0.3) is 0 Å². The van der Waals surface area contributed by atoms with Gasteiger partial charge in [-0.3, -0.25) is 4.90 Å². The molecule has 86 valence electrons. The van der Waals surface area contributed by atoms with Crippen LogP contribution in [0.2, 0.25) is 0 Å². The first-order valence-electron chi connectivity index (χ1n) is 5.74. The summed E-state index contributed by atoms with van der Waals surface area (Å²) in [7, 11) is 0. The minimum absolute atomic E-state index is 0.0728. The molecule has 1 aliphatic heterocycles. The third-order valence-corrected chi connectivity index (χ3v) is 3.16. The van der Waals surface area contributed by atoms with Crippen LogP contribution in [-0.2, 0) is 4.74 Å².